The quantitative estimate of drug-likeness (QED) is 0.769. The number of fused-ring (bicyclic) bond motifs is 1. The summed E-state index contributed by atoms with van der Waals surface area (Å²) >= 11 is 0. The zero-order valence-electron chi connectivity index (χ0n) is 14.5. The van der Waals surface area contributed by atoms with Crippen molar-refractivity contribution in [3.8, 4) is 28.3 Å². The molecule has 1 aliphatic carbocycles. The Morgan fingerprint density at radius 3 is 2.78 bits per heavy atom. The lowest BCUT2D eigenvalue weighted by Crippen LogP contribution is -2.14. The van der Waals surface area contributed by atoms with Crippen molar-refractivity contribution in [3.05, 3.63) is 48.4 Å². The maximum atomic E-state index is 13.3. The fraction of sp³-hybridized carbons (Fsp3) is 0.250. The van der Waals surface area contributed by atoms with E-state index in [4.69, 9.17) is 4.74 Å². The highest BCUT2D eigenvalue weighted by atomic mass is 19.1. The number of carbonyl (C=O) groups is 1. The molecule has 3 aromatic rings. The summed E-state index contributed by atoms with van der Waals surface area (Å²) in [4.78, 5) is 16.3. The van der Waals surface area contributed by atoms with E-state index in [-0.39, 0.29) is 17.6 Å². The summed E-state index contributed by atoms with van der Waals surface area (Å²) in [5.74, 6) is 1.01. The molecule has 1 fully saturated rings. The normalized spacial score (nSPS) is 15.3. The summed E-state index contributed by atoms with van der Waals surface area (Å²) in [6.07, 6.45) is 3.53. The van der Waals surface area contributed by atoms with Gasteiger partial charge in [0.05, 0.1) is 12.1 Å². The van der Waals surface area contributed by atoms with Crippen molar-refractivity contribution in [2.75, 3.05) is 11.9 Å². The van der Waals surface area contributed by atoms with Gasteiger partial charge in [0.25, 0.3) is 0 Å². The molecule has 5 rings (SSSR count). The first-order chi connectivity index (χ1) is 13.2. The summed E-state index contributed by atoms with van der Waals surface area (Å²) < 4.78 is 20.9. The van der Waals surface area contributed by atoms with Crippen molar-refractivity contribution in [1.82, 2.24) is 14.8 Å². The van der Waals surface area contributed by atoms with Crippen molar-refractivity contribution in [2.45, 2.75) is 19.4 Å². The molecule has 1 N–H and O–H groups in total. The lowest BCUT2D eigenvalue weighted by atomic mass is 10.0. The monoisotopic (exact) mass is 364 g/mol. The maximum absolute atomic E-state index is 13.3. The minimum absolute atomic E-state index is 0.00916. The molecule has 3 heterocycles. The number of benzene rings is 1. The van der Waals surface area contributed by atoms with Crippen molar-refractivity contribution in [3.63, 3.8) is 0 Å². The second kappa shape index (κ2) is 6.19. The zero-order chi connectivity index (χ0) is 18.4. The van der Waals surface area contributed by atoms with Gasteiger partial charge in [0.2, 0.25) is 11.8 Å². The number of aromatic nitrogens is 3. The van der Waals surface area contributed by atoms with E-state index in [1.54, 1.807) is 18.3 Å². The van der Waals surface area contributed by atoms with E-state index >= 15 is 0 Å². The summed E-state index contributed by atoms with van der Waals surface area (Å²) in [6, 6.07) is 9.92. The molecule has 0 unspecified atom stereocenters. The highest BCUT2D eigenvalue weighted by Crippen LogP contribution is 2.41. The molecular weight excluding hydrogens is 347 g/mol. The van der Waals surface area contributed by atoms with E-state index in [2.05, 4.69) is 15.4 Å². The molecule has 2 aromatic heterocycles. The van der Waals surface area contributed by atoms with Crippen molar-refractivity contribution < 1.29 is 13.9 Å². The third-order valence-electron chi connectivity index (χ3n) is 4.81. The van der Waals surface area contributed by atoms with Crippen molar-refractivity contribution in [1.29, 1.82) is 0 Å². The minimum Gasteiger partial charge on any atom is -0.475 e. The smallest absolute Gasteiger partial charge is 0.228 e. The fourth-order valence-electron chi connectivity index (χ4n) is 3.27. The number of amides is 1. The molecule has 7 heteroatoms. The van der Waals surface area contributed by atoms with E-state index < -0.39 is 0 Å². The van der Waals surface area contributed by atoms with Crippen LogP contribution in [0.25, 0.3) is 22.4 Å². The molecule has 1 saturated carbocycles. The van der Waals surface area contributed by atoms with Crippen LogP contribution in [-0.4, -0.2) is 27.3 Å². The average Bonchev–Trinajstić information content (AvgIpc) is 3.32. The van der Waals surface area contributed by atoms with Gasteiger partial charge in [-0.1, -0.05) is 0 Å². The number of hydrogen-bond donors (Lipinski definition) is 1. The molecule has 0 atom stereocenters. The first kappa shape index (κ1) is 16.0. The Bertz CT molecular complexity index is 1020. The Labute approximate surface area is 155 Å². The van der Waals surface area contributed by atoms with Crippen LogP contribution in [0.1, 0.15) is 12.8 Å². The van der Waals surface area contributed by atoms with Crippen molar-refractivity contribution >= 4 is 11.7 Å². The Balaban J connectivity index is 1.58. The highest BCUT2D eigenvalue weighted by Gasteiger charge is 2.30. The number of carbonyl (C=O) groups excluding carboxylic acids is 1. The number of rotatable bonds is 4. The molecule has 1 aromatic carbocycles. The summed E-state index contributed by atoms with van der Waals surface area (Å²) in [6.45, 7) is 1.23. The topological polar surface area (TPSA) is 69.0 Å². The molecule has 0 bridgehead atoms. The number of ether oxygens (including phenoxy) is 1. The fourth-order valence-corrected chi connectivity index (χ4v) is 3.27. The zero-order valence-corrected chi connectivity index (χ0v) is 14.5. The van der Waals surface area contributed by atoms with Crippen LogP contribution in [0.2, 0.25) is 0 Å². The van der Waals surface area contributed by atoms with Gasteiger partial charge in [0.1, 0.15) is 23.9 Å². The van der Waals surface area contributed by atoms with Gasteiger partial charge in [-0.15, -0.1) is 0 Å². The molecule has 0 spiro atoms. The summed E-state index contributed by atoms with van der Waals surface area (Å²) in [5.41, 5.74) is 3.19. The van der Waals surface area contributed by atoms with Crippen LogP contribution in [-0.2, 0) is 11.3 Å². The average molecular weight is 364 g/mol. The van der Waals surface area contributed by atoms with Gasteiger partial charge < -0.3 is 10.1 Å². The van der Waals surface area contributed by atoms with Crippen LogP contribution in [0.15, 0.2) is 42.6 Å². The number of nitrogens with zero attached hydrogens (tertiary/aromatic N) is 3. The van der Waals surface area contributed by atoms with Gasteiger partial charge in [-0.3, -0.25) is 4.79 Å². The van der Waals surface area contributed by atoms with E-state index in [9.17, 15) is 9.18 Å². The Morgan fingerprint density at radius 2 is 2.00 bits per heavy atom. The standard InChI is InChI=1S/C20H17FN4O2/c21-15-5-3-12(4-6-15)18-17(20-25(24-18)9-10-27-20)14-7-8-22-16(11-14)23-19(26)13-1-2-13/h3-8,11,13H,1-2,9-10H2,(H,22,23,26). The van der Waals surface area contributed by atoms with Gasteiger partial charge in [0, 0.05) is 17.7 Å². The first-order valence-electron chi connectivity index (χ1n) is 8.96. The van der Waals surface area contributed by atoms with Gasteiger partial charge in [-0.05, 0) is 54.8 Å². The molecule has 1 aliphatic heterocycles. The van der Waals surface area contributed by atoms with Crippen LogP contribution in [0.4, 0.5) is 10.2 Å². The van der Waals surface area contributed by atoms with Gasteiger partial charge in [-0.2, -0.15) is 5.10 Å². The molecule has 136 valence electrons. The van der Waals surface area contributed by atoms with Crippen LogP contribution in [0.5, 0.6) is 5.88 Å². The SMILES string of the molecule is O=C(Nc1cc(-c2c(-c3ccc(F)cc3)nn3c2OCC3)ccn1)C1CC1. The number of halogens is 1. The van der Waals surface area contributed by atoms with Gasteiger partial charge in [-0.25, -0.2) is 14.1 Å². The summed E-state index contributed by atoms with van der Waals surface area (Å²) in [7, 11) is 0. The van der Waals surface area contributed by atoms with Crippen LogP contribution in [0, 0.1) is 11.7 Å². The Morgan fingerprint density at radius 1 is 1.19 bits per heavy atom. The number of pyridine rings is 1. The van der Waals surface area contributed by atoms with Crippen LogP contribution < -0.4 is 10.1 Å². The maximum Gasteiger partial charge on any atom is 0.228 e. The van der Waals surface area contributed by atoms with E-state index in [0.717, 1.165) is 35.2 Å². The molecule has 6 nitrogen and oxygen atoms in total. The Hall–Kier alpha value is -3.22. The second-order valence-electron chi connectivity index (χ2n) is 6.80. The second-order valence-corrected chi connectivity index (χ2v) is 6.80. The molecule has 0 saturated heterocycles. The first-order valence-corrected chi connectivity index (χ1v) is 8.96. The van der Waals surface area contributed by atoms with Crippen LogP contribution in [0.3, 0.4) is 0 Å². The summed E-state index contributed by atoms with van der Waals surface area (Å²) in [5, 5.41) is 7.53. The molecule has 1 amide bonds. The van der Waals surface area contributed by atoms with E-state index in [1.807, 2.05) is 16.8 Å². The van der Waals surface area contributed by atoms with E-state index in [1.165, 1.54) is 12.1 Å². The van der Waals surface area contributed by atoms with Gasteiger partial charge in [0.15, 0.2) is 0 Å². The van der Waals surface area contributed by atoms with Crippen molar-refractivity contribution in [2.24, 2.45) is 5.92 Å². The third kappa shape index (κ3) is 2.95. The number of anilines is 1. The lowest BCUT2D eigenvalue weighted by molar-refractivity contribution is -0.117. The number of hydrogen-bond acceptors (Lipinski definition) is 4. The third-order valence-corrected chi connectivity index (χ3v) is 4.81. The van der Waals surface area contributed by atoms with E-state index in [0.29, 0.717) is 24.8 Å². The van der Waals surface area contributed by atoms with Gasteiger partial charge >= 0.3 is 0 Å². The predicted octanol–water partition coefficient (Wildman–Crippen LogP) is 3.49. The molecule has 0 radical (unpaired) electrons. The Kier molecular flexibility index (Phi) is 3.67. The predicted molar refractivity (Wildman–Crippen MR) is 97.7 cm³/mol. The minimum atomic E-state index is -0.294. The highest BCUT2D eigenvalue weighted by molar-refractivity contribution is 5.94. The molecular formula is C20H17FN4O2. The molecule has 27 heavy (non-hydrogen) atoms. The van der Waals surface area contributed by atoms with Crippen LogP contribution >= 0.6 is 0 Å². The largest absolute Gasteiger partial charge is 0.475 e. The lowest BCUT2D eigenvalue weighted by Gasteiger charge is -2.08. The number of nitrogens with one attached hydrogen (secondary N) is 1. The molecule has 2 aliphatic rings.